The van der Waals surface area contributed by atoms with Crippen molar-refractivity contribution in [2.45, 2.75) is 25.7 Å². The van der Waals surface area contributed by atoms with E-state index in [9.17, 15) is 4.79 Å². The molecule has 0 unspecified atom stereocenters. The van der Waals surface area contributed by atoms with Crippen LogP contribution in [-0.4, -0.2) is 19.0 Å². The number of ether oxygens (including phenoxy) is 2. The first kappa shape index (κ1) is 19.5. The number of hydrogen-bond acceptors (Lipinski definition) is 4. The maximum atomic E-state index is 12.4. The lowest BCUT2D eigenvalue weighted by Crippen LogP contribution is -2.01. The highest BCUT2D eigenvalue weighted by atomic mass is 79.9. The van der Waals surface area contributed by atoms with Crippen LogP contribution in [0.1, 0.15) is 25.7 Å². The molecule has 142 valence electrons. The summed E-state index contributed by atoms with van der Waals surface area (Å²) >= 11 is 3.44. The minimum absolute atomic E-state index is 0.0889. The lowest BCUT2D eigenvalue weighted by atomic mass is 10.1. The van der Waals surface area contributed by atoms with Crippen LogP contribution in [0.15, 0.2) is 57.7 Å². The van der Waals surface area contributed by atoms with E-state index in [0.29, 0.717) is 29.1 Å². The van der Waals surface area contributed by atoms with Crippen LogP contribution in [-0.2, 0) is 0 Å². The quantitative estimate of drug-likeness (QED) is 0.317. The first-order valence-corrected chi connectivity index (χ1v) is 10.2. The Hall–Kier alpha value is -2.27. The Labute approximate surface area is 167 Å². The van der Waals surface area contributed by atoms with Crippen LogP contribution in [0.5, 0.6) is 11.5 Å². The van der Waals surface area contributed by atoms with Crippen molar-refractivity contribution in [3.63, 3.8) is 0 Å². The van der Waals surface area contributed by atoms with Crippen LogP contribution >= 0.6 is 15.9 Å². The standard InChI is InChI=1S/C22H23BrO4/c1-25-18-10-11-21-19(14-18)20(24)15-22(27-21)16-6-8-17(9-7-16)26-13-5-3-2-4-12-23/h6-11,14-15H,2-5,12-13H2,1H3. The number of fused-ring (bicyclic) bond motifs is 1. The van der Waals surface area contributed by atoms with Crippen LogP contribution in [0.3, 0.4) is 0 Å². The number of halogens is 1. The van der Waals surface area contributed by atoms with Gasteiger partial charge in [0.2, 0.25) is 0 Å². The summed E-state index contributed by atoms with van der Waals surface area (Å²) in [5.74, 6) is 2.00. The molecule has 3 rings (SSSR count). The minimum Gasteiger partial charge on any atom is -0.497 e. The van der Waals surface area contributed by atoms with Crippen molar-refractivity contribution in [2.75, 3.05) is 19.0 Å². The Morgan fingerprint density at radius 3 is 2.41 bits per heavy atom. The Morgan fingerprint density at radius 1 is 0.926 bits per heavy atom. The van der Waals surface area contributed by atoms with Gasteiger partial charge in [-0.05, 0) is 55.3 Å². The Kier molecular flexibility index (Phi) is 6.93. The first-order valence-electron chi connectivity index (χ1n) is 9.12. The zero-order valence-electron chi connectivity index (χ0n) is 15.4. The van der Waals surface area contributed by atoms with E-state index in [4.69, 9.17) is 13.9 Å². The topological polar surface area (TPSA) is 48.7 Å². The van der Waals surface area contributed by atoms with Gasteiger partial charge >= 0.3 is 0 Å². The second-order valence-electron chi connectivity index (χ2n) is 6.31. The number of rotatable bonds is 9. The molecule has 0 atom stereocenters. The molecule has 0 aliphatic rings. The van der Waals surface area contributed by atoms with Crippen molar-refractivity contribution in [1.82, 2.24) is 0 Å². The first-order chi connectivity index (χ1) is 13.2. The second kappa shape index (κ2) is 9.60. The van der Waals surface area contributed by atoms with Gasteiger partial charge < -0.3 is 13.9 Å². The van der Waals surface area contributed by atoms with Crippen LogP contribution in [0, 0.1) is 0 Å². The normalized spacial score (nSPS) is 10.9. The fourth-order valence-corrected chi connectivity index (χ4v) is 3.26. The van der Waals surface area contributed by atoms with E-state index in [0.717, 1.165) is 23.1 Å². The van der Waals surface area contributed by atoms with Crippen molar-refractivity contribution in [3.8, 4) is 22.8 Å². The number of unbranched alkanes of at least 4 members (excludes halogenated alkanes) is 3. The molecule has 0 aliphatic carbocycles. The van der Waals surface area contributed by atoms with Gasteiger partial charge in [0.15, 0.2) is 5.43 Å². The largest absolute Gasteiger partial charge is 0.497 e. The summed E-state index contributed by atoms with van der Waals surface area (Å²) in [5.41, 5.74) is 1.30. The lowest BCUT2D eigenvalue weighted by molar-refractivity contribution is 0.305. The monoisotopic (exact) mass is 430 g/mol. The van der Waals surface area contributed by atoms with E-state index < -0.39 is 0 Å². The fraction of sp³-hybridized carbons (Fsp3) is 0.318. The van der Waals surface area contributed by atoms with Crippen LogP contribution < -0.4 is 14.9 Å². The smallest absolute Gasteiger partial charge is 0.193 e. The molecule has 3 aromatic rings. The zero-order chi connectivity index (χ0) is 19.1. The molecule has 1 aromatic heterocycles. The van der Waals surface area contributed by atoms with E-state index in [1.54, 1.807) is 25.3 Å². The predicted octanol–water partition coefficient (Wildman–Crippen LogP) is 5.80. The fourth-order valence-electron chi connectivity index (χ4n) is 2.86. The summed E-state index contributed by atoms with van der Waals surface area (Å²) < 4.78 is 16.9. The van der Waals surface area contributed by atoms with Crippen molar-refractivity contribution in [2.24, 2.45) is 0 Å². The van der Waals surface area contributed by atoms with Crippen molar-refractivity contribution >= 4 is 26.9 Å². The summed E-state index contributed by atoms with van der Waals surface area (Å²) in [6.45, 7) is 0.717. The molecule has 2 aromatic carbocycles. The molecule has 0 radical (unpaired) electrons. The van der Waals surface area contributed by atoms with Crippen LogP contribution in [0.4, 0.5) is 0 Å². The Bertz CT molecular complexity index is 931. The SMILES string of the molecule is COc1ccc2oc(-c3ccc(OCCCCCCBr)cc3)cc(=O)c2c1. The highest BCUT2D eigenvalue weighted by Gasteiger charge is 2.08. The van der Waals surface area contributed by atoms with E-state index in [-0.39, 0.29) is 5.43 Å². The molecule has 27 heavy (non-hydrogen) atoms. The molecule has 0 aliphatic heterocycles. The summed E-state index contributed by atoms with van der Waals surface area (Å²) in [7, 11) is 1.57. The highest BCUT2D eigenvalue weighted by molar-refractivity contribution is 9.09. The third-order valence-corrected chi connectivity index (χ3v) is 4.93. The van der Waals surface area contributed by atoms with E-state index >= 15 is 0 Å². The van der Waals surface area contributed by atoms with E-state index in [1.807, 2.05) is 24.3 Å². The maximum absolute atomic E-state index is 12.4. The molecule has 0 saturated heterocycles. The van der Waals surface area contributed by atoms with Gasteiger partial charge in [-0.2, -0.15) is 0 Å². The average Bonchev–Trinajstić information content (AvgIpc) is 2.71. The number of methoxy groups -OCH3 is 1. The molecule has 0 fully saturated rings. The Balaban J connectivity index is 1.69. The van der Waals surface area contributed by atoms with Gasteiger partial charge in [0.25, 0.3) is 0 Å². The van der Waals surface area contributed by atoms with E-state index in [1.165, 1.54) is 25.3 Å². The molecule has 0 amide bonds. The number of alkyl halides is 1. The number of hydrogen-bond donors (Lipinski definition) is 0. The van der Waals surface area contributed by atoms with Crippen molar-refractivity contribution < 1.29 is 13.9 Å². The average molecular weight is 431 g/mol. The molecular formula is C22H23BrO4. The molecule has 0 bridgehead atoms. The molecule has 5 heteroatoms. The second-order valence-corrected chi connectivity index (χ2v) is 7.11. The van der Waals surface area contributed by atoms with Gasteiger partial charge in [0.05, 0.1) is 19.1 Å². The summed E-state index contributed by atoms with van der Waals surface area (Å²) in [6.07, 6.45) is 4.66. The summed E-state index contributed by atoms with van der Waals surface area (Å²) in [5, 5.41) is 1.58. The predicted molar refractivity (Wildman–Crippen MR) is 112 cm³/mol. The molecule has 4 nitrogen and oxygen atoms in total. The third kappa shape index (κ3) is 5.13. The van der Waals surface area contributed by atoms with Gasteiger partial charge in [-0.25, -0.2) is 0 Å². The lowest BCUT2D eigenvalue weighted by Gasteiger charge is -2.08. The van der Waals surface area contributed by atoms with Gasteiger partial charge in [0, 0.05) is 17.0 Å². The summed E-state index contributed by atoms with van der Waals surface area (Å²) in [6, 6.07) is 14.4. The summed E-state index contributed by atoms with van der Waals surface area (Å²) in [4.78, 5) is 12.4. The van der Waals surface area contributed by atoms with Crippen LogP contribution in [0.25, 0.3) is 22.3 Å². The zero-order valence-corrected chi connectivity index (χ0v) is 17.0. The number of benzene rings is 2. The van der Waals surface area contributed by atoms with Gasteiger partial charge in [-0.3, -0.25) is 4.79 Å². The molecular weight excluding hydrogens is 408 g/mol. The molecule has 0 spiro atoms. The van der Waals surface area contributed by atoms with Crippen molar-refractivity contribution in [3.05, 3.63) is 58.8 Å². The van der Waals surface area contributed by atoms with Crippen LogP contribution in [0.2, 0.25) is 0 Å². The minimum atomic E-state index is -0.0889. The highest BCUT2D eigenvalue weighted by Crippen LogP contribution is 2.26. The van der Waals surface area contributed by atoms with Gasteiger partial charge in [-0.15, -0.1) is 0 Å². The van der Waals surface area contributed by atoms with Crippen molar-refractivity contribution in [1.29, 1.82) is 0 Å². The van der Waals surface area contributed by atoms with Gasteiger partial charge in [0.1, 0.15) is 22.8 Å². The molecule has 1 heterocycles. The third-order valence-electron chi connectivity index (χ3n) is 4.37. The van der Waals surface area contributed by atoms with Gasteiger partial charge in [-0.1, -0.05) is 28.8 Å². The Morgan fingerprint density at radius 2 is 1.67 bits per heavy atom. The maximum Gasteiger partial charge on any atom is 0.193 e. The van der Waals surface area contributed by atoms with E-state index in [2.05, 4.69) is 15.9 Å². The molecule has 0 N–H and O–H groups in total. The molecule has 0 saturated carbocycles.